The van der Waals surface area contributed by atoms with Crippen molar-refractivity contribution in [3.05, 3.63) is 24.0 Å². The van der Waals surface area contributed by atoms with E-state index in [1.54, 1.807) is 6.07 Å². The Kier molecular flexibility index (Phi) is 1.11. The van der Waals surface area contributed by atoms with Gasteiger partial charge < -0.3 is 0 Å². The number of fused-ring (bicyclic) bond motifs is 1. The van der Waals surface area contributed by atoms with Crippen LogP contribution in [-0.4, -0.2) is 19.6 Å². The Morgan fingerprint density at radius 1 is 1.36 bits per heavy atom. The van der Waals surface area contributed by atoms with Gasteiger partial charge in [0.15, 0.2) is 0 Å². The van der Waals surface area contributed by atoms with Crippen molar-refractivity contribution in [1.29, 1.82) is 0 Å². The van der Waals surface area contributed by atoms with Gasteiger partial charge in [0, 0.05) is 6.20 Å². The van der Waals surface area contributed by atoms with E-state index in [2.05, 4.69) is 9.38 Å². The van der Waals surface area contributed by atoms with E-state index in [1.165, 1.54) is 18.5 Å². The molecule has 0 amide bonds. The zero-order chi connectivity index (χ0) is 7.90. The topological polar surface area (TPSA) is 59.4 Å². The molecule has 0 atom stereocenters. The zero-order valence-corrected chi connectivity index (χ0v) is 6.25. The fourth-order valence-electron chi connectivity index (χ4n) is 0.894. The molecule has 0 bridgehead atoms. The maximum Gasteiger partial charge on any atom is 0.284 e. The highest BCUT2D eigenvalue weighted by molar-refractivity contribution is 7.90. The first-order valence-electron chi connectivity index (χ1n) is 2.95. The summed E-state index contributed by atoms with van der Waals surface area (Å²) < 4.78 is 25.4. The molecule has 0 saturated carbocycles. The molecule has 1 aliphatic rings. The molecule has 5 heteroatoms. The van der Waals surface area contributed by atoms with Gasteiger partial charge in [-0.15, -0.1) is 0 Å². The Bertz CT molecular complexity index is 422. The average Bonchev–Trinajstić information content (AvgIpc) is 2.29. The molecule has 4 nitrogen and oxygen atoms in total. The van der Waals surface area contributed by atoms with Crippen molar-refractivity contribution in [2.45, 2.75) is 4.90 Å². The lowest BCUT2D eigenvalue weighted by Gasteiger charge is -1.91. The summed E-state index contributed by atoms with van der Waals surface area (Å²) in [6.07, 6.45) is 2.79. The predicted octanol–water partition coefficient (Wildman–Crippen LogP) is 0.203. The molecule has 0 aliphatic carbocycles. The molecule has 0 unspecified atom stereocenters. The highest BCUT2D eigenvalue weighted by atomic mass is 32.2. The van der Waals surface area contributed by atoms with Crippen LogP contribution in [0.3, 0.4) is 0 Å². The molecule has 11 heavy (non-hydrogen) atoms. The Hall–Kier alpha value is -1.23. The number of hydrogen-bond donors (Lipinski definition) is 0. The third kappa shape index (κ3) is 0.848. The smallest absolute Gasteiger partial charge is 0.254 e. The Balaban J connectivity index is 2.84. The maximum absolute atomic E-state index is 11.0. The molecule has 1 aromatic heterocycles. The minimum absolute atomic E-state index is 0.194. The first kappa shape index (κ1) is 6.48. The van der Waals surface area contributed by atoms with Gasteiger partial charge in [-0.1, -0.05) is 0 Å². The van der Waals surface area contributed by atoms with Crippen molar-refractivity contribution in [1.82, 2.24) is 4.98 Å². The molecule has 0 aromatic carbocycles. The molecular weight excluding hydrogens is 164 g/mol. The Morgan fingerprint density at radius 2 is 2.18 bits per heavy atom. The Labute approximate surface area is 63.7 Å². The van der Waals surface area contributed by atoms with Crippen LogP contribution in [0.15, 0.2) is 27.6 Å². The number of rotatable bonds is 0. The second-order valence-electron chi connectivity index (χ2n) is 2.10. The average molecular weight is 168 g/mol. The van der Waals surface area contributed by atoms with Gasteiger partial charge in [0.05, 0.1) is 6.21 Å². The van der Waals surface area contributed by atoms with E-state index in [-0.39, 0.29) is 4.90 Å². The summed E-state index contributed by atoms with van der Waals surface area (Å²) in [7, 11) is -3.40. The zero-order valence-electron chi connectivity index (χ0n) is 5.43. The molecule has 0 saturated heterocycles. The summed E-state index contributed by atoms with van der Waals surface area (Å²) in [5.41, 5.74) is 0.424. The number of aromatic nitrogens is 1. The lowest BCUT2D eigenvalue weighted by molar-refractivity contribution is 0.599. The summed E-state index contributed by atoms with van der Waals surface area (Å²) in [4.78, 5) is 4.02. The Morgan fingerprint density at radius 3 is 2.91 bits per heavy atom. The molecule has 56 valence electrons. The summed E-state index contributed by atoms with van der Waals surface area (Å²) >= 11 is 0. The minimum atomic E-state index is -3.40. The van der Waals surface area contributed by atoms with Crippen LogP contribution in [0, 0.1) is 0 Å². The van der Waals surface area contributed by atoms with Gasteiger partial charge in [-0.25, -0.2) is 0 Å². The second-order valence-corrected chi connectivity index (χ2v) is 3.70. The number of pyridine rings is 1. The van der Waals surface area contributed by atoms with E-state index in [4.69, 9.17) is 0 Å². The fourth-order valence-corrected chi connectivity index (χ4v) is 1.87. The van der Waals surface area contributed by atoms with E-state index in [0.29, 0.717) is 5.69 Å². The van der Waals surface area contributed by atoms with Gasteiger partial charge in [0.25, 0.3) is 10.0 Å². The van der Waals surface area contributed by atoms with Gasteiger partial charge >= 0.3 is 0 Å². The highest BCUT2D eigenvalue weighted by Crippen LogP contribution is 2.19. The van der Waals surface area contributed by atoms with Crippen molar-refractivity contribution < 1.29 is 8.42 Å². The largest absolute Gasteiger partial charge is 0.284 e. The van der Waals surface area contributed by atoms with Gasteiger partial charge in [-0.05, 0) is 12.1 Å². The van der Waals surface area contributed by atoms with E-state index < -0.39 is 10.0 Å². The van der Waals surface area contributed by atoms with Crippen LogP contribution in [-0.2, 0) is 10.0 Å². The lowest BCUT2D eigenvalue weighted by Crippen LogP contribution is -1.93. The van der Waals surface area contributed by atoms with Crippen LogP contribution in [0.1, 0.15) is 5.69 Å². The third-order valence-corrected chi connectivity index (χ3v) is 2.68. The van der Waals surface area contributed by atoms with E-state index >= 15 is 0 Å². The summed E-state index contributed by atoms with van der Waals surface area (Å²) in [6.45, 7) is 0. The van der Waals surface area contributed by atoms with Crippen LogP contribution in [0.5, 0.6) is 0 Å². The predicted molar refractivity (Wildman–Crippen MR) is 39.0 cm³/mol. The quantitative estimate of drug-likeness (QED) is 0.556. The normalized spacial score (nSPS) is 18.2. The number of sulfonamides is 1. The molecule has 0 spiro atoms. The van der Waals surface area contributed by atoms with Crippen molar-refractivity contribution >= 4 is 16.2 Å². The van der Waals surface area contributed by atoms with Gasteiger partial charge in [0.2, 0.25) is 0 Å². The highest BCUT2D eigenvalue weighted by Gasteiger charge is 2.21. The lowest BCUT2D eigenvalue weighted by atomic mass is 10.4. The molecule has 0 radical (unpaired) electrons. The summed E-state index contributed by atoms with van der Waals surface area (Å²) in [6, 6.07) is 3.07. The van der Waals surface area contributed by atoms with E-state index in [1.807, 2.05) is 0 Å². The molecule has 0 fully saturated rings. The van der Waals surface area contributed by atoms with Crippen LogP contribution in [0.2, 0.25) is 0 Å². The SMILES string of the molecule is O=S1(=O)N=Cc2ncccc21. The van der Waals surface area contributed by atoms with Crippen LogP contribution < -0.4 is 0 Å². The summed E-state index contributed by atoms with van der Waals surface area (Å²) in [5, 5.41) is 0. The first-order valence-corrected chi connectivity index (χ1v) is 4.39. The standard InChI is InChI=1S/C6H4N2O2S/c9-11(10)6-2-1-3-7-5(6)4-8-11/h1-4H. The van der Waals surface area contributed by atoms with Crippen molar-refractivity contribution in [2.24, 2.45) is 4.40 Å². The fraction of sp³-hybridized carbons (Fsp3) is 0. The van der Waals surface area contributed by atoms with Crippen LogP contribution in [0.25, 0.3) is 0 Å². The molecule has 1 aliphatic heterocycles. The molecule has 2 rings (SSSR count). The number of hydrogen-bond acceptors (Lipinski definition) is 3. The molecule has 1 aromatic rings. The van der Waals surface area contributed by atoms with Crippen LogP contribution >= 0.6 is 0 Å². The molecule has 2 heterocycles. The molecular formula is C6H4N2O2S. The first-order chi connectivity index (χ1) is 5.20. The molecule has 0 N–H and O–H groups in total. The van der Waals surface area contributed by atoms with E-state index in [0.717, 1.165) is 0 Å². The second kappa shape index (κ2) is 1.88. The third-order valence-electron chi connectivity index (χ3n) is 1.39. The van der Waals surface area contributed by atoms with Crippen LogP contribution in [0.4, 0.5) is 0 Å². The van der Waals surface area contributed by atoms with Crippen molar-refractivity contribution in [3.63, 3.8) is 0 Å². The summed E-state index contributed by atoms with van der Waals surface area (Å²) in [5.74, 6) is 0. The van der Waals surface area contributed by atoms with Gasteiger partial charge in [0.1, 0.15) is 10.6 Å². The minimum Gasteiger partial charge on any atom is -0.254 e. The van der Waals surface area contributed by atoms with Gasteiger partial charge in [-0.2, -0.15) is 12.8 Å². The number of nitrogens with zero attached hydrogens (tertiary/aromatic N) is 2. The van der Waals surface area contributed by atoms with Crippen molar-refractivity contribution in [3.8, 4) is 0 Å². The maximum atomic E-state index is 11.0. The van der Waals surface area contributed by atoms with E-state index in [9.17, 15) is 8.42 Å². The van der Waals surface area contributed by atoms with Crippen molar-refractivity contribution in [2.75, 3.05) is 0 Å². The monoisotopic (exact) mass is 168 g/mol. The van der Waals surface area contributed by atoms with Gasteiger partial charge in [-0.3, -0.25) is 4.98 Å².